The summed E-state index contributed by atoms with van der Waals surface area (Å²) in [6.07, 6.45) is -1.57. The Morgan fingerprint density at radius 3 is 2.55 bits per heavy atom. The third-order valence-electron chi connectivity index (χ3n) is 4.91. The molecular weight excluding hydrogens is 435 g/mol. The number of benzene rings is 1. The second kappa shape index (κ2) is 9.25. The smallest absolute Gasteiger partial charge is 0.410 e. The second-order valence-electron chi connectivity index (χ2n) is 8.89. The Balaban J connectivity index is 1.71. The highest BCUT2D eigenvalue weighted by atomic mass is 19.4. The molecule has 33 heavy (non-hydrogen) atoms. The molecule has 0 unspecified atom stereocenters. The first-order valence-corrected chi connectivity index (χ1v) is 10.4. The van der Waals surface area contributed by atoms with E-state index < -0.39 is 23.8 Å². The summed E-state index contributed by atoms with van der Waals surface area (Å²) in [4.78, 5) is 31.1. The number of nitrogens with zero attached hydrogens (tertiary/aromatic N) is 2. The van der Waals surface area contributed by atoms with Crippen LogP contribution in [0.3, 0.4) is 0 Å². The SMILES string of the molecule is Cc1cc(/C=C/C(F)(F)F)ccc1C(=O)Nc1cnc2c(c1)CN(C(=O)OC(C)(C)C)CC2. The molecule has 1 aliphatic rings. The highest BCUT2D eigenvalue weighted by molar-refractivity contribution is 6.05. The van der Waals surface area contributed by atoms with Gasteiger partial charge in [-0.1, -0.05) is 18.2 Å². The maximum absolute atomic E-state index is 12.7. The van der Waals surface area contributed by atoms with Gasteiger partial charge < -0.3 is 15.0 Å². The summed E-state index contributed by atoms with van der Waals surface area (Å²) in [6.45, 7) is 7.89. The first-order valence-electron chi connectivity index (χ1n) is 10.4. The molecule has 0 bridgehead atoms. The molecule has 3 rings (SSSR count). The van der Waals surface area contributed by atoms with Gasteiger partial charge in [0.1, 0.15) is 5.60 Å². The van der Waals surface area contributed by atoms with Gasteiger partial charge in [0, 0.05) is 30.3 Å². The molecule has 176 valence electrons. The van der Waals surface area contributed by atoms with E-state index in [4.69, 9.17) is 4.74 Å². The minimum Gasteiger partial charge on any atom is -0.444 e. The number of pyridine rings is 1. The van der Waals surface area contributed by atoms with Crippen molar-refractivity contribution in [3.05, 3.63) is 64.5 Å². The molecule has 0 atom stereocenters. The first kappa shape index (κ1) is 24.3. The zero-order chi connectivity index (χ0) is 24.4. The molecule has 9 heteroatoms. The summed E-state index contributed by atoms with van der Waals surface area (Å²) in [6, 6.07) is 6.22. The maximum atomic E-state index is 12.7. The van der Waals surface area contributed by atoms with Gasteiger partial charge in [-0.15, -0.1) is 0 Å². The fraction of sp³-hybridized carbons (Fsp3) is 0.375. The highest BCUT2D eigenvalue weighted by Gasteiger charge is 2.26. The number of rotatable bonds is 3. The van der Waals surface area contributed by atoms with Crippen molar-refractivity contribution in [3.8, 4) is 0 Å². The fourth-order valence-corrected chi connectivity index (χ4v) is 3.41. The van der Waals surface area contributed by atoms with E-state index in [-0.39, 0.29) is 6.08 Å². The molecule has 0 radical (unpaired) electrons. The van der Waals surface area contributed by atoms with Gasteiger partial charge in [-0.25, -0.2) is 4.79 Å². The number of anilines is 1. The van der Waals surface area contributed by atoms with Crippen LogP contribution in [0.25, 0.3) is 6.08 Å². The summed E-state index contributed by atoms with van der Waals surface area (Å²) in [5, 5.41) is 2.77. The predicted molar refractivity (Wildman–Crippen MR) is 119 cm³/mol. The molecule has 2 amide bonds. The van der Waals surface area contributed by atoms with Gasteiger partial charge in [0.2, 0.25) is 0 Å². The molecule has 2 heterocycles. The van der Waals surface area contributed by atoms with Crippen molar-refractivity contribution in [2.24, 2.45) is 0 Å². The molecule has 1 aromatic carbocycles. The highest BCUT2D eigenvalue weighted by Crippen LogP contribution is 2.24. The molecule has 0 aliphatic carbocycles. The number of alkyl halides is 3. The van der Waals surface area contributed by atoms with Gasteiger partial charge in [0.25, 0.3) is 5.91 Å². The monoisotopic (exact) mass is 461 g/mol. The number of aryl methyl sites for hydroxylation is 1. The third-order valence-corrected chi connectivity index (χ3v) is 4.91. The van der Waals surface area contributed by atoms with Gasteiger partial charge >= 0.3 is 12.3 Å². The summed E-state index contributed by atoms with van der Waals surface area (Å²) >= 11 is 0. The lowest BCUT2D eigenvalue weighted by molar-refractivity contribution is -0.0790. The van der Waals surface area contributed by atoms with Crippen molar-refractivity contribution in [1.29, 1.82) is 0 Å². The van der Waals surface area contributed by atoms with E-state index in [1.54, 1.807) is 44.9 Å². The lowest BCUT2D eigenvalue weighted by atomic mass is 10.0. The molecule has 6 nitrogen and oxygen atoms in total. The maximum Gasteiger partial charge on any atom is 0.410 e. The number of hydrogen-bond acceptors (Lipinski definition) is 4. The minimum atomic E-state index is -4.40. The lowest BCUT2D eigenvalue weighted by Crippen LogP contribution is -2.40. The van der Waals surface area contributed by atoms with Crippen LogP contribution in [0.5, 0.6) is 0 Å². The van der Waals surface area contributed by atoms with E-state index >= 15 is 0 Å². The summed E-state index contributed by atoms with van der Waals surface area (Å²) < 4.78 is 42.5. The Kier molecular flexibility index (Phi) is 6.81. The summed E-state index contributed by atoms with van der Waals surface area (Å²) in [5.41, 5.74) is 2.76. The van der Waals surface area contributed by atoms with Gasteiger partial charge in [0.05, 0.1) is 18.4 Å². The lowest BCUT2D eigenvalue weighted by Gasteiger charge is -2.31. The largest absolute Gasteiger partial charge is 0.444 e. The molecule has 0 saturated heterocycles. The van der Waals surface area contributed by atoms with Crippen LogP contribution in [-0.4, -0.2) is 40.2 Å². The van der Waals surface area contributed by atoms with Crippen LogP contribution >= 0.6 is 0 Å². The first-order chi connectivity index (χ1) is 15.3. The van der Waals surface area contributed by atoms with E-state index in [1.807, 2.05) is 0 Å². The van der Waals surface area contributed by atoms with Crippen LogP contribution in [-0.2, 0) is 17.7 Å². The molecule has 2 aromatic rings. The zero-order valence-electron chi connectivity index (χ0n) is 18.9. The molecular formula is C24H26F3N3O3. The van der Waals surface area contributed by atoms with Crippen LogP contribution < -0.4 is 5.32 Å². The van der Waals surface area contributed by atoms with Crippen molar-refractivity contribution in [2.75, 3.05) is 11.9 Å². The van der Waals surface area contributed by atoms with E-state index in [0.29, 0.717) is 41.9 Å². The number of carbonyl (C=O) groups excluding carboxylic acids is 2. The molecule has 0 spiro atoms. The molecule has 1 aromatic heterocycles. The van der Waals surface area contributed by atoms with Crippen LogP contribution in [0.2, 0.25) is 0 Å². The number of ether oxygens (including phenoxy) is 1. The average molecular weight is 461 g/mol. The van der Waals surface area contributed by atoms with Gasteiger partial charge in [-0.2, -0.15) is 13.2 Å². The Bertz CT molecular complexity index is 1090. The Morgan fingerprint density at radius 2 is 1.91 bits per heavy atom. The third kappa shape index (κ3) is 6.81. The number of halogens is 3. The van der Waals surface area contributed by atoms with Crippen LogP contribution in [0.1, 0.15) is 53.5 Å². The van der Waals surface area contributed by atoms with Gasteiger partial charge in [-0.3, -0.25) is 9.78 Å². The number of fused-ring (bicyclic) bond motifs is 1. The summed E-state index contributed by atoms with van der Waals surface area (Å²) in [7, 11) is 0. The Hall–Kier alpha value is -3.36. The second-order valence-corrected chi connectivity index (χ2v) is 8.89. The van der Waals surface area contributed by atoms with Gasteiger partial charge in [-0.05, 0) is 56.5 Å². The number of hydrogen-bond donors (Lipinski definition) is 1. The van der Waals surface area contributed by atoms with Crippen molar-refractivity contribution in [3.63, 3.8) is 0 Å². The van der Waals surface area contributed by atoms with Gasteiger partial charge in [0.15, 0.2) is 0 Å². The average Bonchev–Trinajstić information content (AvgIpc) is 2.70. The number of carbonyl (C=O) groups is 2. The Morgan fingerprint density at radius 1 is 1.18 bits per heavy atom. The molecule has 1 N–H and O–H groups in total. The van der Waals surface area contributed by atoms with E-state index in [9.17, 15) is 22.8 Å². The Labute approximate surface area is 190 Å². The van der Waals surface area contributed by atoms with E-state index in [1.165, 1.54) is 18.2 Å². The zero-order valence-corrected chi connectivity index (χ0v) is 18.9. The van der Waals surface area contributed by atoms with Crippen molar-refractivity contribution in [1.82, 2.24) is 9.88 Å². The molecule has 0 saturated carbocycles. The molecule has 1 aliphatic heterocycles. The number of allylic oxidation sites excluding steroid dienone is 1. The van der Waals surface area contributed by atoms with Crippen molar-refractivity contribution >= 4 is 23.8 Å². The van der Waals surface area contributed by atoms with E-state index in [0.717, 1.165) is 17.3 Å². The predicted octanol–water partition coefficient (Wildman–Crippen LogP) is 5.51. The van der Waals surface area contributed by atoms with Crippen LogP contribution in [0.15, 0.2) is 36.5 Å². The molecule has 0 fully saturated rings. The topological polar surface area (TPSA) is 71.5 Å². The van der Waals surface area contributed by atoms with Crippen LogP contribution in [0.4, 0.5) is 23.7 Å². The van der Waals surface area contributed by atoms with E-state index in [2.05, 4.69) is 10.3 Å². The summed E-state index contributed by atoms with van der Waals surface area (Å²) in [5.74, 6) is -0.402. The number of amides is 2. The normalized spacial score (nSPS) is 14.2. The number of aromatic nitrogens is 1. The fourth-order valence-electron chi connectivity index (χ4n) is 3.41. The van der Waals surface area contributed by atoms with Crippen LogP contribution in [0, 0.1) is 6.92 Å². The minimum absolute atomic E-state index is 0.154. The van der Waals surface area contributed by atoms with Crippen molar-refractivity contribution < 1.29 is 27.5 Å². The quantitative estimate of drug-likeness (QED) is 0.654. The van der Waals surface area contributed by atoms with Crippen molar-refractivity contribution in [2.45, 2.75) is 52.4 Å². The standard InChI is InChI=1S/C24H26F3N3O3/c1-15-11-16(7-9-24(25,26)27)5-6-19(15)21(31)29-18-12-17-14-30(10-8-20(17)28-13-18)22(32)33-23(2,3)4/h5-7,9,11-13H,8,10,14H2,1-4H3,(H,29,31)/b9-7+. The number of nitrogens with one attached hydrogen (secondary N) is 1.